The van der Waals surface area contributed by atoms with Gasteiger partial charge in [-0.05, 0) is 6.07 Å². The highest BCUT2D eigenvalue weighted by molar-refractivity contribution is 5.86. The zero-order valence-corrected chi connectivity index (χ0v) is 10.3. The van der Waals surface area contributed by atoms with E-state index in [1.165, 1.54) is 0 Å². The molecule has 2 rings (SSSR count). The zero-order chi connectivity index (χ0) is 13.0. The third-order valence-electron chi connectivity index (χ3n) is 2.93. The Balaban J connectivity index is 1.72. The normalized spacial score (nSPS) is 19.4. The summed E-state index contributed by atoms with van der Waals surface area (Å²) in [6, 6.07) is 1.58. The molecule has 1 fully saturated rings. The lowest BCUT2D eigenvalue weighted by molar-refractivity contribution is -0.126. The molecule has 0 radical (unpaired) electrons. The summed E-state index contributed by atoms with van der Waals surface area (Å²) < 4.78 is 1.78. The van der Waals surface area contributed by atoms with E-state index in [9.17, 15) is 9.59 Å². The van der Waals surface area contributed by atoms with E-state index < -0.39 is 0 Å². The van der Waals surface area contributed by atoms with E-state index in [1.807, 2.05) is 13.1 Å². The van der Waals surface area contributed by atoms with Gasteiger partial charge in [-0.25, -0.2) is 0 Å². The monoisotopic (exact) mass is 251 g/mol. The van der Waals surface area contributed by atoms with Gasteiger partial charge in [0.25, 0.3) is 0 Å². The van der Waals surface area contributed by atoms with E-state index in [-0.39, 0.29) is 24.4 Å². The lowest BCUT2D eigenvalue weighted by Crippen LogP contribution is -2.58. The van der Waals surface area contributed by atoms with Crippen molar-refractivity contribution in [1.29, 1.82) is 0 Å². The number of piperazine rings is 1. The molecule has 0 aromatic carbocycles. The van der Waals surface area contributed by atoms with E-state index in [4.69, 9.17) is 0 Å². The van der Waals surface area contributed by atoms with Crippen LogP contribution in [-0.4, -0.2) is 47.3 Å². The first-order valence-corrected chi connectivity index (χ1v) is 5.91. The van der Waals surface area contributed by atoms with Gasteiger partial charge < -0.3 is 10.6 Å². The molecule has 1 aromatic rings. The molecule has 2 amide bonds. The number of amides is 2. The molecule has 0 aliphatic carbocycles. The molecular weight excluding hydrogens is 234 g/mol. The topological polar surface area (TPSA) is 88.1 Å². The van der Waals surface area contributed by atoms with E-state index in [0.29, 0.717) is 13.1 Å². The van der Waals surface area contributed by atoms with Gasteiger partial charge >= 0.3 is 0 Å². The quantitative estimate of drug-likeness (QED) is 0.587. The average molecular weight is 251 g/mol. The molecule has 1 aliphatic rings. The summed E-state index contributed by atoms with van der Waals surface area (Å²) in [5.41, 5.74) is 1.07. The first-order valence-electron chi connectivity index (χ1n) is 5.91. The Bertz CT molecular complexity index is 432. The lowest BCUT2D eigenvalue weighted by atomic mass is 10.2. The minimum absolute atomic E-state index is 0.0751. The van der Waals surface area contributed by atoms with Crippen molar-refractivity contribution in [3.8, 4) is 0 Å². The molecule has 1 aromatic heterocycles. The standard InChI is InChI=1S/C11H17N5O2/c1-16-8(3-5-15-16)2-4-12-11(18)9-6-14-10(17)7-13-9/h3,5,9,13H,2,4,6-7H2,1H3,(H,12,18)(H,14,17). The van der Waals surface area contributed by atoms with Crippen LogP contribution in [0.2, 0.25) is 0 Å². The maximum atomic E-state index is 11.8. The predicted octanol–water partition coefficient (Wildman–Crippen LogP) is -1.83. The highest BCUT2D eigenvalue weighted by Crippen LogP contribution is 1.96. The summed E-state index contributed by atoms with van der Waals surface area (Å²) in [6.07, 6.45) is 2.47. The van der Waals surface area contributed by atoms with Crippen molar-refractivity contribution in [2.75, 3.05) is 19.6 Å². The Morgan fingerprint density at radius 1 is 1.67 bits per heavy atom. The number of aromatic nitrogens is 2. The van der Waals surface area contributed by atoms with E-state index in [1.54, 1.807) is 10.9 Å². The molecule has 1 saturated heterocycles. The smallest absolute Gasteiger partial charge is 0.238 e. The minimum atomic E-state index is -0.339. The van der Waals surface area contributed by atoms with Crippen molar-refractivity contribution in [3.05, 3.63) is 18.0 Å². The first kappa shape index (κ1) is 12.6. The third-order valence-corrected chi connectivity index (χ3v) is 2.93. The molecule has 2 heterocycles. The van der Waals surface area contributed by atoms with Gasteiger partial charge in [0.1, 0.15) is 6.04 Å². The first-order chi connectivity index (χ1) is 8.66. The van der Waals surface area contributed by atoms with Crippen LogP contribution in [0.25, 0.3) is 0 Å². The Hall–Kier alpha value is -1.89. The largest absolute Gasteiger partial charge is 0.354 e. The van der Waals surface area contributed by atoms with Gasteiger partial charge in [0.2, 0.25) is 11.8 Å². The van der Waals surface area contributed by atoms with Gasteiger partial charge in [-0.15, -0.1) is 0 Å². The van der Waals surface area contributed by atoms with Crippen LogP contribution < -0.4 is 16.0 Å². The average Bonchev–Trinajstić information content (AvgIpc) is 2.76. The maximum Gasteiger partial charge on any atom is 0.238 e. The van der Waals surface area contributed by atoms with Crippen LogP contribution in [-0.2, 0) is 23.1 Å². The highest BCUT2D eigenvalue weighted by atomic mass is 16.2. The molecule has 18 heavy (non-hydrogen) atoms. The molecule has 0 spiro atoms. The van der Waals surface area contributed by atoms with Crippen LogP contribution in [0.1, 0.15) is 5.69 Å². The van der Waals surface area contributed by atoms with Crippen LogP contribution in [0, 0.1) is 0 Å². The number of nitrogens with one attached hydrogen (secondary N) is 3. The minimum Gasteiger partial charge on any atom is -0.354 e. The van der Waals surface area contributed by atoms with Gasteiger partial charge in [-0.1, -0.05) is 0 Å². The lowest BCUT2D eigenvalue weighted by Gasteiger charge is -2.23. The molecule has 0 bridgehead atoms. The second kappa shape index (κ2) is 5.63. The van der Waals surface area contributed by atoms with Gasteiger partial charge in [0.15, 0.2) is 0 Å². The summed E-state index contributed by atoms with van der Waals surface area (Å²) >= 11 is 0. The van der Waals surface area contributed by atoms with Gasteiger partial charge in [-0.2, -0.15) is 5.10 Å². The summed E-state index contributed by atoms with van der Waals surface area (Å²) in [4.78, 5) is 22.7. The van der Waals surface area contributed by atoms with Crippen LogP contribution in [0.4, 0.5) is 0 Å². The third kappa shape index (κ3) is 3.07. The molecule has 1 atom stereocenters. The number of nitrogens with zero attached hydrogens (tertiary/aromatic N) is 2. The van der Waals surface area contributed by atoms with Crippen molar-refractivity contribution in [3.63, 3.8) is 0 Å². The summed E-state index contributed by atoms with van der Waals surface area (Å²) in [7, 11) is 1.87. The van der Waals surface area contributed by atoms with Crippen molar-refractivity contribution < 1.29 is 9.59 Å². The maximum absolute atomic E-state index is 11.8. The summed E-state index contributed by atoms with van der Waals surface area (Å²) in [5, 5.41) is 12.4. The molecule has 1 unspecified atom stereocenters. The van der Waals surface area contributed by atoms with Crippen molar-refractivity contribution in [2.24, 2.45) is 7.05 Å². The number of carbonyl (C=O) groups is 2. The van der Waals surface area contributed by atoms with E-state index in [2.05, 4.69) is 21.0 Å². The summed E-state index contributed by atoms with van der Waals surface area (Å²) in [6.45, 7) is 1.10. The predicted molar refractivity (Wildman–Crippen MR) is 64.7 cm³/mol. The zero-order valence-electron chi connectivity index (χ0n) is 10.3. The van der Waals surface area contributed by atoms with E-state index >= 15 is 0 Å². The Morgan fingerprint density at radius 2 is 2.50 bits per heavy atom. The Kier molecular flexibility index (Phi) is 3.93. The molecule has 7 heteroatoms. The molecule has 3 N–H and O–H groups in total. The second-order valence-corrected chi connectivity index (χ2v) is 4.22. The van der Waals surface area contributed by atoms with Crippen LogP contribution in [0.3, 0.4) is 0 Å². The van der Waals surface area contributed by atoms with Crippen LogP contribution in [0.5, 0.6) is 0 Å². The molecule has 0 saturated carbocycles. The van der Waals surface area contributed by atoms with Gasteiger partial charge in [-0.3, -0.25) is 19.6 Å². The summed E-state index contributed by atoms with van der Waals surface area (Å²) in [5.74, 6) is -0.161. The fourth-order valence-electron chi connectivity index (χ4n) is 1.84. The number of hydrogen-bond donors (Lipinski definition) is 3. The second-order valence-electron chi connectivity index (χ2n) is 4.22. The number of carbonyl (C=O) groups excluding carboxylic acids is 2. The SMILES string of the molecule is Cn1nccc1CCNC(=O)C1CNC(=O)CN1. The van der Waals surface area contributed by atoms with Crippen molar-refractivity contribution >= 4 is 11.8 Å². The molecule has 7 nitrogen and oxygen atoms in total. The molecule has 98 valence electrons. The highest BCUT2D eigenvalue weighted by Gasteiger charge is 2.23. The number of rotatable bonds is 4. The molecule has 1 aliphatic heterocycles. The van der Waals surface area contributed by atoms with Crippen LogP contribution in [0.15, 0.2) is 12.3 Å². The fraction of sp³-hybridized carbons (Fsp3) is 0.545. The number of aryl methyl sites for hydroxylation is 1. The molecular formula is C11H17N5O2. The van der Waals surface area contributed by atoms with Crippen molar-refractivity contribution in [2.45, 2.75) is 12.5 Å². The Morgan fingerprint density at radius 3 is 3.11 bits per heavy atom. The number of hydrogen-bond acceptors (Lipinski definition) is 4. The van der Waals surface area contributed by atoms with Crippen molar-refractivity contribution in [1.82, 2.24) is 25.7 Å². The van der Waals surface area contributed by atoms with E-state index in [0.717, 1.165) is 12.1 Å². The van der Waals surface area contributed by atoms with Crippen LogP contribution >= 0.6 is 0 Å². The van der Waals surface area contributed by atoms with Gasteiger partial charge in [0, 0.05) is 38.4 Å². The Labute approximate surface area is 105 Å². The van der Waals surface area contributed by atoms with Gasteiger partial charge in [0.05, 0.1) is 6.54 Å². The fourth-order valence-corrected chi connectivity index (χ4v) is 1.84.